The minimum atomic E-state index is -1.11. The average Bonchev–Trinajstić information content (AvgIpc) is 3.84. The molecular weight excluding hydrogens is 612 g/mol. The third-order valence-electron chi connectivity index (χ3n) is 9.64. The van der Waals surface area contributed by atoms with E-state index in [-0.39, 0.29) is 41.4 Å². The molecule has 3 aliphatic rings. The van der Waals surface area contributed by atoms with Crippen LogP contribution >= 0.6 is 11.8 Å². The van der Waals surface area contributed by atoms with Crippen molar-refractivity contribution in [3.63, 3.8) is 0 Å². The summed E-state index contributed by atoms with van der Waals surface area (Å²) in [4.78, 5) is 85.0. The van der Waals surface area contributed by atoms with E-state index < -0.39 is 59.6 Å². The highest BCUT2D eigenvalue weighted by Gasteiger charge is 2.69. The fourth-order valence-electron chi connectivity index (χ4n) is 6.54. The van der Waals surface area contributed by atoms with Crippen LogP contribution in [0.25, 0.3) is 0 Å². The molecule has 5 amide bonds. The minimum absolute atomic E-state index is 0.0935. The monoisotopic (exact) mass is 658 g/mol. The maximum Gasteiger partial charge on any atom is 0.290 e. The van der Waals surface area contributed by atoms with Gasteiger partial charge in [0.2, 0.25) is 29.4 Å². The number of piperidine rings is 1. The Kier molecular flexibility index (Phi) is 10.5. The number of likely N-dealkylation sites (N-methyl/N-ethyl adjacent to an activating group) is 1. The van der Waals surface area contributed by atoms with Gasteiger partial charge in [-0.2, -0.15) is 0 Å². The topological polar surface area (TPSA) is 157 Å². The number of carbonyl (C=O) groups excluding carboxylic acids is 6. The van der Waals surface area contributed by atoms with Gasteiger partial charge in [0.15, 0.2) is 0 Å². The van der Waals surface area contributed by atoms with Crippen molar-refractivity contribution in [2.75, 3.05) is 27.2 Å². The van der Waals surface area contributed by atoms with Crippen molar-refractivity contribution in [3.05, 3.63) is 35.9 Å². The number of nitrogens with zero attached hydrogens (tertiary/aromatic N) is 2. The largest absolute Gasteiger partial charge is 0.347 e. The van der Waals surface area contributed by atoms with E-state index in [0.29, 0.717) is 12.1 Å². The van der Waals surface area contributed by atoms with Crippen molar-refractivity contribution in [2.45, 2.75) is 78.0 Å². The van der Waals surface area contributed by atoms with Crippen LogP contribution in [-0.2, 0) is 28.8 Å². The van der Waals surface area contributed by atoms with Crippen LogP contribution in [0.4, 0.5) is 0 Å². The van der Waals surface area contributed by atoms with Crippen LogP contribution in [0.3, 0.4) is 0 Å². The molecule has 0 spiro atoms. The van der Waals surface area contributed by atoms with Crippen molar-refractivity contribution < 1.29 is 28.8 Å². The van der Waals surface area contributed by atoms with Gasteiger partial charge in [0.25, 0.3) is 5.91 Å². The van der Waals surface area contributed by atoms with E-state index in [9.17, 15) is 28.8 Å². The first-order chi connectivity index (χ1) is 21.5. The Morgan fingerprint density at radius 2 is 1.65 bits per heavy atom. The molecule has 0 radical (unpaired) electrons. The number of rotatable bonds is 13. The molecule has 4 rings (SSSR count). The molecule has 1 heterocycles. The zero-order valence-electron chi connectivity index (χ0n) is 27.7. The highest BCUT2D eigenvalue weighted by Crippen LogP contribution is 2.65. The Labute approximate surface area is 275 Å². The summed E-state index contributed by atoms with van der Waals surface area (Å²) in [5, 5.41) is 7.79. The molecule has 4 unspecified atom stereocenters. The quantitative estimate of drug-likeness (QED) is 0.185. The predicted octanol–water partition coefficient (Wildman–Crippen LogP) is 1.54. The maximum absolute atomic E-state index is 13.9. The molecule has 4 N–H and O–H groups in total. The first-order valence-corrected chi connectivity index (χ1v) is 16.2. The fourth-order valence-corrected chi connectivity index (χ4v) is 6.97. The molecule has 1 aliphatic heterocycles. The van der Waals surface area contributed by atoms with Gasteiger partial charge < -0.3 is 25.8 Å². The summed E-state index contributed by atoms with van der Waals surface area (Å²) in [6, 6.07) is 5.06. The van der Waals surface area contributed by atoms with Crippen LogP contribution in [0.5, 0.6) is 0 Å². The number of halogens is 1. The lowest BCUT2D eigenvalue weighted by molar-refractivity contribution is -0.145. The number of amides is 5. The summed E-state index contributed by atoms with van der Waals surface area (Å²) in [6.45, 7) is 9.62. The maximum atomic E-state index is 13.9. The van der Waals surface area contributed by atoms with Crippen molar-refractivity contribution in [3.8, 4) is 0 Å². The van der Waals surface area contributed by atoms with Crippen LogP contribution in [0.2, 0.25) is 0 Å². The van der Waals surface area contributed by atoms with Gasteiger partial charge in [0, 0.05) is 20.6 Å². The third kappa shape index (κ3) is 7.71. The molecule has 0 aromatic heterocycles. The molecule has 0 bridgehead atoms. The molecule has 1 aromatic carbocycles. The van der Waals surface area contributed by atoms with Gasteiger partial charge in [-0.1, -0.05) is 77.8 Å². The lowest BCUT2D eigenvalue weighted by atomic mass is 9.86. The molecule has 1 saturated heterocycles. The van der Waals surface area contributed by atoms with E-state index >= 15 is 0 Å². The zero-order valence-corrected chi connectivity index (χ0v) is 28.4. The van der Waals surface area contributed by atoms with E-state index in [0.717, 1.165) is 12.8 Å². The number of nitrogens with one attached hydrogen (secondary N) is 4. The standard InChI is InChI=1S/C33H47ClN6O6/c1-32(2,3)27(38-34)31(46)40-17-20-23(33(20,4)5)25(40)28(43)36-21(15-18-13-14-18)26(42)29(44)35-16-22(41)37-24(30(45)39(6)7)19-11-9-8-10-12-19/h8-12,18,20-21,23-25,27,38H,13-17H2,1-7H3,(H,35,44)(H,36,43)(H,37,41)/t20-,21?,23?,24-,25?,27?/m0/s1. The summed E-state index contributed by atoms with van der Waals surface area (Å²) in [5.41, 5.74) is -0.102. The highest BCUT2D eigenvalue weighted by atomic mass is 35.5. The van der Waals surface area contributed by atoms with E-state index in [2.05, 4.69) is 34.6 Å². The lowest BCUT2D eigenvalue weighted by Crippen LogP contribution is -2.59. The van der Waals surface area contributed by atoms with Crippen LogP contribution < -0.4 is 20.8 Å². The van der Waals surface area contributed by atoms with E-state index in [4.69, 9.17) is 11.8 Å². The van der Waals surface area contributed by atoms with Crippen molar-refractivity contribution in [2.24, 2.45) is 28.6 Å². The van der Waals surface area contributed by atoms with Gasteiger partial charge in [-0.25, -0.2) is 4.84 Å². The summed E-state index contributed by atoms with van der Waals surface area (Å²) < 4.78 is 0. The average molecular weight is 659 g/mol. The Bertz CT molecular complexity index is 1360. The summed E-state index contributed by atoms with van der Waals surface area (Å²) in [7, 11) is 3.14. The Morgan fingerprint density at radius 3 is 2.20 bits per heavy atom. The number of ketones is 1. The summed E-state index contributed by atoms with van der Waals surface area (Å²) in [5.74, 6) is -3.44. The Hall–Kier alpha value is -3.51. The normalized spacial score (nSPS) is 23.3. The second kappa shape index (κ2) is 13.7. The highest BCUT2D eigenvalue weighted by molar-refractivity contribution is 6.38. The first-order valence-electron chi connectivity index (χ1n) is 15.8. The molecule has 2 saturated carbocycles. The fraction of sp³-hybridized carbons (Fsp3) is 0.636. The Morgan fingerprint density at radius 1 is 1.02 bits per heavy atom. The number of carbonyl (C=O) groups is 6. The van der Waals surface area contributed by atoms with E-state index in [1.807, 2.05) is 20.8 Å². The smallest absolute Gasteiger partial charge is 0.290 e. The van der Waals surface area contributed by atoms with Crippen LogP contribution in [-0.4, -0.2) is 90.4 Å². The SMILES string of the molecule is CN(C)C(=O)[C@@H](NC(=O)CNC(=O)C(=O)C(CC1CC1)NC(=O)C1C2[C@H](CN1C(=O)C(NCl)C(C)(C)C)C2(C)C)c1ccccc1. The summed E-state index contributed by atoms with van der Waals surface area (Å²) in [6.07, 6.45) is 2.04. The molecular formula is C33H47ClN6O6. The van der Waals surface area contributed by atoms with Gasteiger partial charge in [-0.15, -0.1) is 0 Å². The second-order valence-corrected chi connectivity index (χ2v) is 14.9. The molecule has 252 valence electrons. The molecule has 46 heavy (non-hydrogen) atoms. The van der Waals surface area contributed by atoms with Crippen molar-refractivity contribution in [1.82, 2.24) is 30.6 Å². The predicted molar refractivity (Wildman–Crippen MR) is 172 cm³/mol. The van der Waals surface area contributed by atoms with E-state index in [1.54, 1.807) is 49.3 Å². The van der Waals surface area contributed by atoms with Gasteiger partial charge >= 0.3 is 0 Å². The third-order valence-corrected chi connectivity index (χ3v) is 9.86. The van der Waals surface area contributed by atoms with Gasteiger partial charge in [-0.05, 0) is 52.3 Å². The molecule has 3 fully saturated rings. The van der Waals surface area contributed by atoms with Crippen LogP contribution in [0, 0.1) is 28.6 Å². The number of Topliss-reactive ketones (excluding diaryl/α,β-unsaturated/α-hetero) is 1. The number of fused-ring (bicyclic) bond motifs is 1. The van der Waals surface area contributed by atoms with Crippen LogP contribution in [0.15, 0.2) is 30.3 Å². The van der Waals surface area contributed by atoms with E-state index in [1.165, 1.54) is 4.90 Å². The molecule has 13 heteroatoms. The first kappa shape index (κ1) is 35.3. The number of hydrogen-bond acceptors (Lipinski definition) is 7. The minimum Gasteiger partial charge on any atom is -0.347 e. The molecule has 6 atom stereocenters. The molecule has 12 nitrogen and oxygen atoms in total. The molecule has 1 aromatic rings. The zero-order chi connectivity index (χ0) is 34.1. The lowest BCUT2D eigenvalue weighted by Gasteiger charge is -2.37. The van der Waals surface area contributed by atoms with Gasteiger partial charge in [0.1, 0.15) is 18.1 Å². The van der Waals surface area contributed by atoms with Gasteiger partial charge in [-0.3, -0.25) is 28.8 Å². The van der Waals surface area contributed by atoms with Crippen molar-refractivity contribution in [1.29, 1.82) is 0 Å². The summed E-state index contributed by atoms with van der Waals surface area (Å²) >= 11 is 5.99. The molecule has 2 aliphatic carbocycles. The second-order valence-electron chi connectivity index (χ2n) is 14.7. The van der Waals surface area contributed by atoms with Crippen molar-refractivity contribution >= 4 is 47.1 Å². The number of hydrogen-bond donors (Lipinski definition) is 4. The Balaban J connectivity index is 1.43. The van der Waals surface area contributed by atoms with Gasteiger partial charge in [0.05, 0.1) is 12.6 Å². The number of benzene rings is 1. The van der Waals surface area contributed by atoms with Crippen LogP contribution in [0.1, 0.15) is 65.5 Å². The number of likely N-dealkylation sites (tertiary alicyclic amines) is 1.